The van der Waals surface area contributed by atoms with Crippen LogP contribution in [-0.2, 0) is 0 Å². The van der Waals surface area contributed by atoms with E-state index in [1.54, 1.807) is 12.1 Å². The Kier molecular flexibility index (Phi) is 2.92. The van der Waals surface area contributed by atoms with Gasteiger partial charge in [0.1, 0.15) is 0 Å². The number of hydrogen-bond acceptors (Lipinski definition) is 3. The van der Waals surface area contributed by atoms with Crippen LogP contribution in [0.3, 0.4) is 0 Å². The predicted octanol–water partition coefficient (Wildman–Crippen LogP) is 1.09. The molecule has 1 amide bonds. The number of anilines is 1. The lowest BCUT2D eigenvalue weighted by Crippen LogP contribution is -2.25. The van der Waals surface area contributed by atoms with E-state index in [9.17, 15) is 4.79 Å². The van der Waals surface area contributed by atoms with Crippen LogP contribution < -0.4 is 16.0 Å². The van der Waals surface area contributed by atoms with Crippen LogP contribution in [0.1, 0.15) is 10.4 Å². The predicted molar refractivity (Wildman–Crippen MR) is 72.0 cm³/mol. The first-order valence-corrected chi connectivity index (χ1v) is 6.58. The van der Waals surface area contributed by atoms with Crippen molar-refractivity contribution in [2.45, 2.75) is 0 Å². The second-order valence-electron chi connectivity index (χ2n) is 5.11. The quantitative estimate of drug-likeness (QED) is 0.842. The van der Waals surface area contributed by atoms with Crippen LogP contribution in [0.25, 0.3) is 0 Å². The zero-order chi connectivity index (χ0) is 12.7. The van der Waals surface area contributed by atoms with Gasteiger partial charge in [0, 0.05) is 31.7 Å². The van der Waals surface area contributed by atoms with Gasteiger partial charge >= 0.3 is 0 Å². The number of rotatable bonds is 2. The molecule has 3 rings (SSSR count). The maximum atomic E-state index is 11.1. The van der Waals surface area contributed by atoms with Crippen molar-refractivity contribution < 1.29 is 4.79 Å². The number of carbonyl (C=O) groups is 1. The van der Waals surface area contributed by atoms with Crippen molar-refractivity contribution in [1.82, 2.24) is 5.32 Å². The first-order valence-electron chi connectivity index (χ1n) is 6.20. The topological polar surface area (TPSA) is 58.4 Å². The minimum absolute atomic E-state index is 0.439. The summed E-state index contributed by atoms with van der Waals surface area (Å²) in [5.41, 5.74) is 6.71. The Balaban J connectivity index is 1.83. The number of nitrogens with one attached hydrogen (secondary N) is 1. The number of primary amides is 1. The molecule has 4 nitrogen and oxygen atoms in total. The minimum Gasteiger partial charge on any atom is -0.370 e. The van der Waals surface area contributed by atoms with E-state index in [-0.39, 0.29) is 0 Å². The van der Waals surface area contributed by atoms with Crippen LogP contribution in [0, 0.1) is 11.8 Å². The molecule has 0 aliphatic carbocycles. The Hall–Kier alpha value is -1.26. The Morgan fingerprint density at radius 1 is 1.33 bits per heavy atom. The average Bonchev–Trinajstić information content (AvgIpc) is 2.88. The van der Waals surface area contributed by atoms with Gasteiger partial charge in [0.05, 0.1) is 10.7 Å². The molecule has 0 saturated carbocycles. The molecule has 5 heteroatoms. The van der Waals surface area contributed by atoms with E-state index in [0.29, 0.717) is 10.6 Å². The largest absolute Gasteiger partial charge is 0.370 e. The van der Waals surface area contributed by atoms with Gasteiger partial charge in [-0.05, 0) is 30.0 Å². The van der Waals surface area contributed by atoms with Crippen LogP contribution in [-0.4, -0.2) is 32.1 Å². The second-order valence-corrected chi connectivity index (χ2v) is 5.52. The van der Waals surface area contributed by atoms with E-state index < -0.39 is 5.91 Å². The highest BCUT2D eigenvalue weighted by atomic mass is 35.5. The maximum Gasteiger partial charge on any atom is 0.248 e. The summed E-state index contributed by atoms with van der Waals surface area (Å²) in [6.07, 6.45) is 0. The summed E-state index contributed by atoms with van der Waals surface area (Å²) in [5, 5.41) is 4.02. The van der Waals surface area contributed by atoms with Gasteiger partial charge in [-0.25, -0.2) is 0 Å². The third-order valence-corrected chi connectivity index (χ3v) is 4.27. The lowest BCUT2D eigenvalue weighted by atomic mass is 10.0. The van der Waals surface area contributed by atoms with E-state index in [4.69, 9.17) is 17.3 Å². The van der Waals surface area contributed by atoms with Crippen LogP contribution in [0.5, 0.6) is 0 Å². The summed E-state index contributed by atoms with van der Waals surface area (Å²) >= 11 is 6.25. The van der Waals surface area contributed by atoms with Gasteiger partial charge in [0.15, 0.2) is 0 Å². The molecule has 1 aromatic rings. The molecule has 1 aromatic carbocycles. The molecule has 18 heavy (non-hydrogen) atoms. The SMILES string of the molecule is NC(=O)c1ccc(N2CC3CNCC3C2)c(Cl)c1. The summed E-state index contributed by atoms with van der Waals surface area (Å²) in [7, 11) is 0. The lowest BCUT2D eigenvalue weighted by Gasteiger charge is -2.21. The highest BCUT2D eigenvalue weighted by molar-refractivity contribution is 6.33. The molecule has 2 fully saturated rings. The monoisotopic (exact) mass is 265 g/mol. The molecule has 2 aliphatic heterocycles. The van der Waals surface area contributed by atoms with Gasteiger partial charge in [-0.3, -0.25) is 4.79 Å². The molecule has 3 N–H and O–H groups in total. The first-order chi connectivity index (χ1) is 8.65. The van der Waals surface area contributed by atoms with Crippen molar-refractivity contribution >= 4 is 23.2 Å². The van der Waals surface area contributed by atoms with E-state index in [1.165, 1.54) is 0 Å². The molecule has 0 bridgehead atoms. The summed E-state index contributed by atoms with van der Waals surface area (Å²) < 4.78 is 0. The van der Waals surface area contributed by atoms with Gasteiger partial charge in [0.25, 0.3) is 0 Å². The number of amides is 1. The minimum atomic E-state index is -0.439. The number of nitrogens with zero attached hydrogens (tertiary/aromatic N) is 1. The zero-order valence-electron chi connectivity index (χ0n) is 10.0. The fourth-order valence-electron chi connectivity index (χ4n) is 2.97. The van der Waals surface area contributed by atoms with Gasteiger partial charge in [-0.1, -0.05) is 11.6 Å². The highest BCUT2D eigenvalue weighted by Crippen LogP contribution is 2.34. The third kappa shape index (κ3) is 1.95. The molecular formula is C13H16ClN3O. The van der Waals surface area contributed by atoms with Crippen molar-refractivity contribution in [3.63, 3.8) is 0 Å². The number of nitrogens with two attached hydrogens (primary N) is 1. The lowest BCUT2D eigenvalue weighted by molar-refractivity contribution is 0.100. The van der Waals surface area contributed by atoms with Crippen LogP contribution in [0.15, 0.2) is 18.2 Å². The summed E-state index contributed by atoms with van der Waals surface area (Å²) in [4.78, 5) is 13.4. The number of halogens is 1. The van der Waals surface area contributed by atoms with Gasteiger partial charge < -0.3 is 16.0 Å². The maximum absolute atomic E-state index is 11.1. The summed E-state index contributed by atoms with van der Waals surface area (Å²) in [6, 6.07) is 5.30. The first kappa shape index (κ1) is 11.8. The van der Waals surface area contributed by atoms with Crippen molar-refractivity contribution in [3.8, 4) is 0 Å². The number of benzene rings is 1. The Bertz CT molecular complexity index is 479. The zero-order valence-corrected chi connectivity index (χ0v) is 10.8. The van der Waals surface area contributed by atoms with E-state index in [1.807, 2.05) is 6.07 Å². The van der Waals surface area contributed by atoms with Crippen LogP contribution in [0.4, 0.5) is 5.69 Å². The summed E-state index contributed by atoms with van der Waals surface area (Å²) in [5.74, 6) is 1.000. The fraction of sp³-hybridized carbons (Fsp3) is 0.462. The van der Waals surface area contributed by atoms with Gasteiger partial charge in [-0.15, -0.1) is 0 Å². The number of fused-ring (bicyclic) bond motifs is 1. The molecule has 0 radical (unpaired) electrons. The third-order valence-electron chi connectivity index (χ3n) is 3.96. The smallest absolute Gasteiger partial charge is 0.248 e. The Morgan fingerprint density at radius 3 is 2.56 bits per heavy atom. The molecule has 0 spiro atoms. The molecule has 2 unspecified atom stereocenters. The molecule has 2 heterocycles. The fourth-order valence-corrected chi connectivity index (χ4v) is 3.27. The van der Waals surface area contributed by atoms with Crippen molar-refractivity contribution in [2.24, 2.45) is 17.6 Å². The Labute approximate surface area is 111 Å². The highest BCUT2D eigenvalue weighted by Gasteiger charge is 2.36. The van der Waals surface area contributed by atoms with E-state index in [0.717, 1.165) is 43.7 Å². The normalized spacial score (nSPS) is 26.4. The van der Waals surface area contributed by atoms with Crippen LogP contribution >= 0.6 is 11.6 Å². The molecule has 96 valence electrons. The van der Waals surface area contributed by atoms with Crippen molar-refractivity contribution in [3.05, 3.63) is 28.8 Å². The number of carbonyl (C=O) groups excluding carboxylic acids is 1. The van der Waals surface area contributed by atoms with Crippen LogP contribution in [0.2, 0.25) is 5.02 Å². The summed E-state index contributed by atoms with van der Waals surface area (Å²) in [6.45, 7) is 4.26. The van der Waals surface area contributed by atoms with Crippen molar-refractivity contribution in [2.75, 3.05) is 31.1 Å². The molecule has 0 aromatic heterocycles. The Morgan fingerprint density at radius 2 is 2.00 bits per heavy atom. The van der Waals surface area contributed by atoms with Gasteiger partial charge in [-0.2, -0.15) is 0 Å². The molecular weight excluding hydrogens is 250 g/mol. The molecule has 2 aliphatic rings. The van der Waals surface area contributed by atoms with E-state index in [2.05, 4.69) is 10.2 Å². The van der Waals surface area contributed by atoms with Gasteiger partial charge in [0.2, 0.25) is 5.91 Å². The second kappa shape index (κ2) is 4.44. The van der Waals surface area contributed by atoms with E-state index >= 15 is 0 Å². The van der Waals surface area contributed by atoms with Crippen molar-refractivity contribution in [1.29, 1.82) is 0 Å². The molecule has 2 saturated heterocycles. The molecule has 2 atom stereocenters. The number of hydrogen-bond donors (Lipinski definition) is 2. The average molecular weight is 266 g/mol. The standard InChI is InChI=1S/C13H16ClN3O/c14-11-3-8(13(15)18)1-2-12(11)17-6-9-4-16-5-10(9)7-17/h1-3,9-10,16H,4-7H2,(H2,15,18).